The third-order valence-corrected chi connectivity index (χ3v) is 0.577. The van der Waals surface area contributed by atoms with Crippen LogP contribution < -0.4 is 5.73 Å². The van der Waals surface area contributed by atoms with E-state index >= 15 is 0 Å². The van der Waals surface area contributed by atoms with Crippen molar-refractivity contribution in [3.63, 3.8) is 0 Å². The molecule has 7 heavy (non-hydrogen) atoms. The molecule has 1 rings (SSSR count). The molecule has 2 nitrogen and oxygen atoms in total. The Morgan fingerprint density at radius 3 is 1.71 bits per heavy atom. The Balaban J connectivity index is 0.000000110. The van der Waals surface area contributed by atoms with E-state index in [1.165, 1.54) is 6.42 Å². The van der Waals surface area contributed by atoms with E-state index < -0.39 is 0 Å². The minimum atomic E-state index is 0.750. The second-order valence-corrected chi connectivity index (χ2v) is 1.37. The van der Waals surface area contributed by atoms with Gasteiger partial charge < -0.3 is 10.5 Å². The van der Waals surface area contributed by atoms with Crippen LogP contribution in [0.5, 0.6) is 0 Å². The predicted octanol–water partition coefficient (Wildman–Crippen LogP) is 0.372. The van der Waals surface area contributed by atoms with Crippen molar-refractivity contribution in [1.29, 1.82) is 0 Å². The average Bonchev–Trinajstić information content (AvgIpc) is 1.27. The van der Waals surface area contributed by atoms with E-state index in [9.17, 15) is 0 Å². The molecule has 2 N–H and O–H groups in total. The van der Waals surface area contributed by atoms with Crippen LogP contribution in [-0.4, -0.2) is 19.8 Å². The topological polar surface area (TPSA) is 35.2 Å². The first kappa shape index (κ1) is 6.92. The third kappa shape index (κ3) is 5.92. The summed E-state index contributed by atoms with van der Waals surface area (Å²) >= 11 is 0. The molecule has 0 unspecified atom stereocenters. The van der Waals surface area contributed by atoms with Gasteiger partial charge in [0.25, 0.3) is 0 Å². The maximum atomic E-state index is 4.85. The van der Waals surface area contributed by atoms with Crippen LogP contribution in [0.15, 0.2) is 0 Å². The quantitative estimate of drug-likeness (QED) is 0.481. The first-order valence-corrected chi connectivity index (χ1v) is 2.69. The van der Waals surface area contributed by atoms with E-state index in [4.69, 9.17) is 10.5 Å². The molecule has 1 saturated heterocycles. The molecule has 0 bridgehead atoms. The van der Waals surface area contributed by atoms with Gasteiger partial charge in [0.15, 0.2) is 0 Å². The second kappa shape index (κ2) is 5.92. The van der Waals surface area contributed by atoms with Gasteiger partial charge in [-0.25, -0.2) is 0 Å². The minimum absolute atomic E-state index is 0.750. The Morgan fingerprint density at radius 1 is 1.57 bits per heavy atom. The van der Waals surface area contributed by atoms with Crippen molar-refractivity contribution in [3.8, 4) is 0 Å². The molecule has 0 amide bonds. The first-order chi connectivity index (χ1) is 3.41. The van der Waals surface area contributed by atoms with Crippen LogP contribution in [0, 0.1) is 0 Å². The highest BCUT2D eigenvalue weighted by Gasteiger charge is 1.94. The minimum Gasteiger partial charge on any atom is -0.381 e. The Bertz CT molecular complexity index is 23.3. The zero-order chi connectivity index (χ0) is 5.54. The molecule has 1 heterocycles. The number of rotatable bonds is 0. The maximum Gasteiger partial charge on any atom is 0.0488 e. The molecule has 0 aromatic rings. The molecule has 1 aliphatic heterocycles. The predicted molar refractivity (Wildman–Crippen MR) is 30.2 cm³/mol. The molecule has 0 atom stereocenters. The molecule has 0 aromatic heterocycles. The van der Waals surface area contributed by atoms with Gasteiger partial charge in [0, 0.05) is 13.2 Å². The Hall–Kier alpha value is -0.0800. The van der Waals surface area contributed by atoms with Crippen molar-refractivity contribution in [2.75, 3.05) is 19.8 Å². The molecule has 0 spiro atoms. The van der Waals surface area contributed by atoms with E-state index in [2.05, 4.69) is 0 Å². The van der Waals surface area contributed by atoms with Crippen LogP contribution in [0.4, 0.5) is 0 Å². The highest BCUT2D eigenvalue weighted by molar-refractivity contribution is 4.41. The van der Waals surface area contributed by atoms with Crippen LogP contribution in [0.25, 0.3) is 0 Å². The third-order valence-electron chi connectivity index (χ3n) is 0.577. The lowest BCUT2D eigenvalue weighted by Crippen LogP contribution is -2.09. The van der Waals surface area contributed by atoms with E-state index in [1.807, 2.05) is 6.92 Å². The molecular formula is C5H13NO. The summed E-state index contributed by atoms with van der Waals surface area (Å²) < 4.78 is 4.72. The zero-order valence-corrected chi connectivity index (χ0v) is 4.81. The normalized spacial score (nSPS) is 16.3. The lowest BCUT2D eigenvalue weighted by atomic mass is 10.4. The highest BCUT2D eigenvalue weighted by atomic mass is 16.5. The summed E-state index contributed by atoms with van der Waals surface area (Å²) in [5, 5.41) is 0. The van der Waals surface area contributed by atoms with Crippen LogP contribution in [-0.2, 0) is 4.74 Å². The average molecular weight is 103 g/mol. The molecule has 0 saturated carbocycles. The van der Waals surface area contributed by atoms with Gasteiger partial charge in [-0.2, -0.15) is 0 Å². The number of ether oxygens (including phenoxy) is 1. The first-order valence-electron chi connectivity index (χ1n) is 2.69. The number of nitrogens with two attached hydrogens (primary N) is 1. The van der Waals surface area contributed by atoms with E-state index in [1.54, 1.807) is 0 Å². The van der Waals surface area contributed by atoms with Crippen molar-refractivity contribution in [1.82, 2.24) is 0 Å². The summed E-state index contributed by atoms with van der Waals surface area (Å²) in [6, 6.07) is 0. The van der Waals surface area contributed by atoms with Crippen LogP contribution in [0.1, 0.15) is 13.3 Å². The second-order valence-electron chi connectivity index (χ2n) is 1.37. The molecule has 44 valence electrons. The van der Waals surface area contributed by atoms with Crippen LogP contribution >= 0.6 is 0 Å². The van der Waals surface area contributed by atoms with Crippen molar-refractivity contribution < 1.29 is 4.74 Å². The van der Waals surface area contributed by atoms with Crippen molar-refractivity contribution in [2.45, 2.75) is 13.3 Å². The monoisotopic (exact) mass is 103 g/mol. The van der Waals surface area contributed by atoms with Crippen molar-refractivity contribution in [2.24, 2.45) is 5.73 Å². The number of hydrogen-bond donors (Lipinski definition) is 1. The van der Waals surface area contributed by atoms with Crippen LogP contribution in [0.2, 0.25) is 0 Å². The fourth-order valence-corrected chi connectivity index (χ4v) is 0.144. The van der Waals surface area contributed by atoms with E-state index in [-0.39, 0.29) is 0 Å². The molecule has 0 radical (unpaired) electrons. The smallest absolute Gasteiger partial charge is 0.0488 e. The maximum absolute atomic E-state index is 4.85. The summed E-state index contributed by atoms with van der Waals surface area (Å²) in [6.07, 6.45) is 1.28. The Morgan fingerprint density at radius 2 is 1.71 bits per heavy atom. The van der Waals surface area contributed by atoms with E-state index in [0.717, 1.165) is 19.8 Å². The summed E-state index contributed by atoms with van der Waals surface area (Å²) in [6.45, 7) is 4.65. The van der Waals surface area contributed by atoms with Gasteiger partial charge >= 0.3 is 0 Å². The van der Waals surface area contributed by atoms with Crippen LogP contribution in [0.3, 0.4) is 0 Å². The summed E-state index contributed by atoms with van der Waals surface area (Å²) in [5.74, 6) is 0. The molecular weight excluding hydrogens is 90.1 g/mol. The Kier molecular flexibility index (Phi) is 5.85. The standard InChI is InChI=1S/C3H6O.C2H7N/c1-2-4-3-1;1-2-3/h1-3H2;2-3H2,1H3. The van der Waals surface area contributed by atoms with Gasteiger partial charge in [0.1, 0.15) is 0 Å². The largest absolute Gasteiger partial charge is 0.381 e. The van der Waals surface area contributed by atoms with Crippen molar-refractivity contribution in [3.05, 3.63) is 0 Å². The fraction of sp³-hybridized carbons (Fsp3) is 1.00. The lowest BCUT2D eigenvalue weighted by molar-refractivity contribution is 0.0367. The molecule has 1 aliphatic rings. The van der Waals surface area contributed by atoms with Gasteiger partial charge in [-0.3, -0.25) is 0 Å². The summed E-state index contributed by atoms with van der Waals surface area (Å²) in [7, 11) is 0. The van der Waals surface area contributed by atoms with E-state index in [0.29, 0.717) is 0 Å². The summed E-state index contributed by atoms with van der Waals surface area (Å²) in [4.78, 5) is 0. The van der Waals surface area contributed by atoms with Gasteiger partial charge in [0.2, 0.25) is 0 Å². The Labute approximate surface area is 44.7 Å². The fourth-order valence-electron chi connectivity index (χ4n) is 0.144. The van der Waals surface area contributed by atoms with Crippen molar-refractivity contribution >= 4 is 0 Å². The van der Waals surface area contributed by atoms with Gasteiger partial charge in [-0.05, 0) is 13.0 Å². The lowest BCUT2D eigenvalue weighted by Gasteiger charge is -2.09. The molecule has 1 fully saturated rings. The molecule has 0 aliphatic carbocycles. The zero-order valence-electron chi connectivity index (χ0n) is 4.81. The SMILES string of the molecule is C1COC1.CCN. The molecule has 0 aromatic carbocycles. The number of hydrogen-bond acceptors (Lipinski definition) is 2. The van der Waals surface area contributed by atoms with Gasteiger partial charge in [-0.1, -0.05) is 6.92 Å². The van der Waals surface area contributed by atoms with Gasteiger partial charge in [-0.15, -0.1) is 0 Å². The van der Waals surface area contributed by atoms with Gasteiger partial charge in [0.05, 0.1) is 0 Å². The highest BCUT2D eigenvalue weighted by Crippen LogP contribution is 1.92. The molecule has 2 heteroatoms. The summed E-state index contributed by atoms with van der Waals surface area (Å²) in [5.41, 5.74) is 4.85.